The molecule has 2 N–H and O–H groups in total. The van der Waals surface area contributed by atoms with E-state index < -0.39 is 16.0 Å². The first-order valence-corrected chi connectivity index (χ1v) is 9.99. The van der Waals surface area contributed by atoms with Gasteiger partial charge in [-0.05, 0) is 31.0 Å². The first-order chi connectivity index (χ1) is 11.8. The summed E-state index contributed by atoms with van der Waals surface area (Å²) in [6.07, 6.45) is 5.23. The SMILES string of the molecule is NS(=O)(=O)c1cc(C(=O)OCC(=O)N2CCCCCCC2)ccc1Cl. The van der Waals surface area contributed by atoms with Crippen molar-refractivity contribution in [2.24, 2.45) is 5.14 Å². The number of hydrogen-bond donors (Lipinski definition) is 1. The van der Waals surface area contributed by atoms with E-state index in [0.717, 1.165) is 31.7 Å². The van der Waals surface area contributed by atoms with Crippen LogP contribution in [-0.2, 0) is 19.6 Å². The van der Waals surface area contributed by atoms with Gasteiger partial charge in [-0.3, -0.25) is 4.79 Å². The predicted molar refractivity (Wildman–Crippen MR) is 92.8 cm³/mol. The van der Waals surface area contributed by atoms with Gasteiger partial charge in [0.1, 0.15) is 4.90 Å². The van der Waals surface area contributed by atoms with Crippen molar-refractivity contribution in [1.29, 1.82) is 0 Å². The highest BCUT2D eigenvalue weighted by Crippen LogP contribution is 2.22. The number of nitrogens with two attached hydrogens (primary N) is 1. The molecule has 1 saturated heterocycles. The Bertz CT molecular complexity index is 743. The van der Waals surface area contributed by atoms with Gasteiger partial charge in [0.2, 0.25) is 10.0 Å². The fourth-order valence-corrected chi connectivity index (χ4v) is 3.72. The summed E-state index contributed by atoms with van der Waals surface area (Å²) in [6, 6.07) is 3.61. The van der Waals surface area contributed by atoms with Gasteiger partial charge in [-0.15, -0.1) is 0 Å². The van der Waals surface area contributed by atoms with E-state index in [1.54, 1.807) is 4.90 Å². The average molecular weight is 389 g/mol. The van der Waals surface area contributed by atoms with Crippen LogP contribution in [0.25, 0.3) is 0 Å². The molecular formula is C16H21ClN2O5S. The third kappa shape index (κ3) is 5.69. The zero-order chi connectivity index (χ0) is 18.4. The zero-order valence-corrected chi connectivity index (χ0v) is 15.3. The summed E-state index contributed by atoms with van der Waals surface area (Å²) >= 11 is 5.77. The molecule has 1 aliphatic rings. The highest BCUT2D eigenvalue weighted by Gasteiger charge is 2.20. The van der Waals surface area contributed by atoms with Crippen LogP contribution in [0.1, 0.15) is 42.5 Å². The summed E-state index contributed by atoms with van der Waals surface area (Å²) in [5.41, 5.74) is -0.0334. The van der Waals surface area contributed by atoms with Gasteiger partial charge in [-0.2, -0.15) is 0 Å². The van der Waals surface area contributed by atoms with E-state index >= 15 is 0 Å². The molecule has 0 saturated carbocycles. The molecule has 7 nitrogen and oxygen atoms in total. The van der Waals surface area contributed by atoms with Crippen molar-refractivity contribution in [3.8, 4) is 0 Å². The van der Waals surface area contributed by atoms with Crippen LogP contribution in [0.5, 0.6) is 0 Å². The van der Waals surface area contributed by atoms with Crippen molar-refractivity contribution >= 4 is 33.5 Å². The van der Waals surface area contributed by atoms with Crippen LogP contribution in [0.3, 0.4) is 0 Å². The Morgan fingerprint density at radius 2 is 1.72 bits per heavy atom. The van der Waals surface area contributed by atoms with Crippen LogP contribution in [0.2, 0.25) is 5.02 Å². The van der Waals surface area contributed by atoms with Gasteiger partial charge in [0.15, 0.2) is 6.61 Å². The molecule has 0 spiro atoms. The number of primary sulfonamides is 1. The van der Waals surface area contributed by atoms with Crippen LogP contribution in [0, 0.1) is 0 Å². The van der Waals surface area contributed by atoms with Crippen molar-refractivity contribution in [1.82, 2.24) is 4.90 Å². The third-order valence-corrected chi connectivity index (χ3v) is 5.40. The molecule has 2 rings (SSSR count). The number of ether oxygens (including phenoxy) is 1. The molecule has 0 atom stereocenters. The standard InChI is InChI=1S/C16H21ClN2O5S/c17-13-7-6-12(10-14(13)25(18,22)23)16(21)24-11-15(20)19-8-4-2-1-3-5-9-19/h6-7,10H,1-5,8-9,11H2,(H2,18,22,23). The average Bonchev–Trinajstić information content (AvgIpc) is 2.51. The highest BCUT2D eigenvalue weighted by molar-refractivity contribution is 7.89. The van der Waals surface area contributed by atoms with E-state index in [1.807, 2.05) is 0 Å². The highest BCUT2D eigenvalue weighted by atomic mass is 35.5. The quantitative estimate of drug-likeness (QED) is 0.793. The Morgan fingerprint density at radius 1 is 1.12 bits per heavy atom. The number of halogens is 1. The lowest BCUT2D eigenvalue weighted by molar-refractivity contribution is -0.134. The van der Waals surface area contributed by atoms with Gasteiger partial charge < -0.3 is 9.64 Å². The van der Waals surface area contributed by atoms with Crippen molar-refractivity contribution in [3.05, 3.63) is 28.8 Å². The molecule has 0 bridgehead atoms. The Morgan fingerprint density at radius 3 is 2.32 bits per heavy atom. The molecule has 138 valence electrons. The number of carbonyl (C=O) groups is 2. The number of hydrogen-bond acceptors (Lipinski definition) is 5. The first-order valence-electron chi connectivity index (χ1n) is 8.06. The van der Waals surface area contributed by atoms with E-state index in [0.29, 0.717) is 13.1 Å². The molecule has 9 heteroatoms. The molecule has 0 radical (unpaired) electrons. The molecule has 1 aromatic carbocycles. The minimum Gasteiger partial charge on any atom is -0.452 e. The summed E-state index contributed by atoms with van der Waals surface area (Å²) in [4.78, 5) is 25.6. The van der Waals surface area contributed by atoms with E-state index in [4.69, 9.17) is 21.5 Å². The Kier molecular flexibility index (Phi) is 6.80. The minimum atomic E-state index is -4.06. The summed E-state index contributed by atoms with van der Waals surface area (Å²) in [5.74, 6) is -1.06. The van der Waals surface area contributed by atoms with Gasteiger partial charge in [0.05, 0.1) is 10.6 Å². The number of amides is 1. The minimum absolute atomic E-state index is 0.0334. The summed E-state index contributed by atoms with van der Waals surface area (Å²) in [5, 5.41) is 4.96. The Labute approximate surface area is 152 Å². The van der Waals surface area contributed by atoms with Crippen molar-refractivity contribution in [2.75, 3.05) is 19.7 Å². The second-order valence-corrected chi connectivity index (χ2v) is 7.85. The maximum atomic E-state index is 12.2. The lowest BCUT2D eigenvalue weighted by Crippen LogP contribution is -2.36. The lowest BCUT2D eigenvalue weighted by Gasteiger charge is -2.24. The maximum absolute atomic E-state index is 12.2. The summed E-state index contributed by atoms with van der Waals surface area (Å²) in [6.45, 7) is 0.936. The second-order valence-electron chi connectivity index (χ2n) is 5.91. The molecule has 0 unspecified atom stereocenters. The molecular weight excluding hydrogens is 368 g/mol. The molecule has 25 heavy (non-hydrogen) atoms. The van der Waals surface area contributed by atoms with Crippen LogP contribution >= 0.6 is 11.6 Å². The van der Waals surface area contributed by atoms with E-state index in [2.05, 4.69) is 0 Å². The van der Waals surface area contributed by atoms with Gasteiger partial charge in [-0.1, -0.05) is 30.9 Å². The molecule has 1 fully saturated rings. The molecule has 1 aliphatic heterocycles. The van der Waals surface area contributed by atoms with E-state index in [1.165, 1.54) is 18.6 Å². The van der Waals surface area contributed by atoms with Crippen LogP contribution < -0.4 is 5.14 Å². The van der Waals surface area contributed by atoms with Gasteiger partial charge in [0.25, 0.3) is 5.91 Å². The maximum Gasteiger partial charge on any atom is 0.338 e. The van der Waals surface area contributed by atoms with Crippen LogP contribution in [0.15, 0.2) is 23.1 Å². The van der Waals surface area contributed by atoms with Gasteiger partial charge in [0, 0.05) is 13.1 Å². The Balaban J connectivity index is 1.99. The smallest absolute Gasteiger partial charge is 0.338 e. The van der Waals surface area contributed by atoms with Crippen LogP contribution in [0.4, 0.5) is 0 Å². The number of esters is 1. The molecule has 1 amide bonds. The van der Waals surface area contributed by atoms with Crippen molar-refractivity contribution in [3.63, 3.8) is 0 Å². The number of benzene rings is 1. The van der Waals surface area contributed by atoms with E-state index in [-0.39, 0.29) is 28.0 Å². The zero-order valence-electron chi connectivity index (χ0n) is 13.7. The predicted octanol–water partition coefficient (Wildman–Crippen LogP) is 1.94. The second kappa shape index (κ2) is 8.64. The number of carbonyl (C=O) groups excluding carboxylic acids is 2. The third-order valence-electron chi connectivity index (χ3n) is 4.01. The number of sulfonamides is 1. The van der Waals surface area contributed by atoms with E-state index in [9.17, 15) is 18.0 Å². The number of nitrogens with zero attached hydrogens (tertiary/aromatic N) is 1. The summed E-state index contributed by atoms with van der Waals surface area (Å²) < 4.78 is 27.9. The summed E-state index contributed by atoms with van der Waals surface area (Å²) in [7, 11) is -4.06. The largest absolute Gasteiger partial charge is 0.452 e. The normalized spacial score (nSPS) is 16.0. The number of rotatable bonds is 4. The first kappa shape index (κ1) is 19.7. The lowest BCUT2D eigenvalue weighted by atomic mass is 10.1. The fourth-order valence-electron chi connectivity index (χ4n) is 2.65. The number of likely N-dealkylation sites (tertiary alicyclic amines) is 1. The van der Waals surface area contributed by atoms with Crippen molar-refractivity contribution in [2.45, 2.75) is 37.0 Å². The molecule has 0 aromatic heterocycles. The molecule has 1 heterocycles. The van der Waals surface area contributed by atoms with Gasteiger partial charge in [-0.25, -0.2) is 18.4 Å². The van der Waals surface area contributed by atoms with Crippen LogP contribution in [-0.4, -0.2) is 44.9 Å². The monoisotopic (exact) mass is 388 g/mol. The van der Waals surface area contributed by atoms with Crippen molar-refractivity contribution < 1.29 is 22.7 Å². The molecule has 1 aromatic rings. The Hall–Kier alpha value is -1.64. The topological polar surface area (TPSA) is 107 Å². The fraction of sp³-hybridized carbons (Fsp3) is 0.500. The molecule has 0 aliphatic carbocycles. The van der Waals surface area contributed by atoms with Gasteiger partial charge >= 0.3 is 5.97 Å².